The smallest absolute Gasteiger partial charge is 0.296 e. The minimum Gasteiger partial charge on any atom is -0.492 e. The number of rotatable bonds is 6. The van der Waals surface area contributed by atoms with E-state index in [-0.39, 0.29) is 11.4 Å². The van der Waals surface area contributed by atoms with Crippen LogP contribution >= 0.6 is 0 Å². The lowest BCUT2D eigenvalue weighted by molar-refractivity contribution is -0.119. The highest BCUT2D eigenvalue weighted by Gasteiger charge is 2.51. The Kier molecular flexibility index (Phi) is 5.94. The van der Waals surface area contributed by atoms with Crippen molar-refractivity contribution in [3.05, 3.63) is 48.0 Å². The highest BCUT2D eigenvalue weighted by Crippen LogP contribution is 2.52. The van der Waals surface area contributed by atoms with Gasteiger partial charge in [0.2, 0.25) is 0 Å². The highest BCUT2D eigenvalue weighted by atomic mass is 16.5. The van der Waals surface area contributed by atoms with Crippen molar-refractivity contribution >= 4 is 11.4 Å². The average Bonchev–Trinajstić information content (AvgIpc) is 3.31. The Morgan fingerprint density at radius 1 is 1.31 bits per heavy atom. The summed E-state index contributed by atoms with van der Waals surface area (Å²) in [5.74, 6) is 4.04. The number of hydrogen-bond donors (Lipinski definition) is 1. The molecule has 3 aromatic rings. The lowest BCUT2D eigenvalue weighted by Crippen LogP contribution is -2.55. The topological polar surface area (TPSA) is 92.3 Å². The molecule has 2 aliphatic rings. The van der Waals surface area contributed by atoms with Crippen LogP contribution in [0.15, 0.2) is 36.8 Å². The first-order valence-electron chi connectivity index (χ1n) is 12.2. The van der Waals surface area contributed by atoms with Crippen LogP contribution in [0.4, 0.5) is 0 Å². The molecule has 0 aromatic carbocycles. The second kappa shape index (κ2) is 9.07. The van der Waals surface area contributed by atoms with Crippen molar-refractivity contribution in [1.29, 1.82) is 5.26 Å². The summed E-state index contributed by atoms with van der Waals surface area (Å²) in [7, 11) is 0. The summed E-state index contributed by atoms with van der Waals surface area (Å²) in [5.41, 5.74) is 3.93. The van der Waals surface area contributed by atoms with Crippen molar-refractivity contribution in [3.8, 4) is 35.3 Å². The zero-order valence-electron chi connectivity index (χ0n) is 20.1. The lowest BCUT2D eigenvalue weighted by atomic mass is 9.67. The van der Waals surface area contributed by atoms with Gasteiger partial charge in [0.1, 0.15) is 11.8 Å². The normalized spacial score (nSPS) is 25.1. The fraction of sp³-hybridized carbons (Fsp3) is 0.429. The zero-order valence-corrected chi connectivity index (χ0v) is 20.1. The van der Waals surface area contributed by atoms with E-state index >= 15 is 0 Å². The molecule has 3 heterocycles. The summed E-state index contributed by atoms with van der Waals surface area (Å²) >= 11 is 0. The number of nitrogens with zero attached hydrogens (tertiary/aromatic N) is 4. The fourth-order valence-corrected chi connectivity index (χ4v) is 6.26. The maximum absolute atomic E-state index is 11.9. The van der Waals surface area contributed by atoms with E-state index < -0.39 is 0 Å². The molecule has 7 heteroatoms. The summed E-state index contributed by atoms with van der Waals surface area (Å²) in [4.78, 5) is 16.7. The molecule has 0 spiro atoms. The number of carbonyl (C=O) groups excluding carboxylic acids is 1. The van der Waals surface area contributed by atoms with E-state index in [0.717, 1.165) is 54.4 Å². The van der Waals surface area contributed by atoms with E-state index in [0.29, 0.717) is 35.7 Å². The van der Waals surface area contributed by atoms with Gasteiger partial charge in [-0.05, 0) is 81.8 Å². The summed E-state index contributed by atoms with van der Waals surface area (Å²) < 4.78 is 7.41. The number of ether oxygens (including phenoxy) is 1. The van der Waals surface area contributed by atoms with Gasteiger partial charge in [0.15, 0.2) is 0 Å². The summed E-state index contributed by atoms with van der Waals surface area (Å²) in [5, 5.41) is 17.0. The first kappa shape index (κ1) is 22.9. The highest BCUT2D eigenvalue weighted by molar-refractivity contribution is 5.93. The van der Waals surface area contributed by atoms with Crippen LogP contribution in [0.2, 0.25) is 0 Å². The predicted octanol–water partition coefficient (Wildman–Crippen LogP) is 4.15. The van der Waals surface area contributed by atoms with Gasteiger partial charge in [-0.1, -0.05) is 6.07 Å². The Bertz CT molecular complexity index is 1330. The van der Waals surface area contributed by atoms with Crippen molar-refractivity contribution in [3.63, 3.8) is 0 Å². The third kappa shape index (κ3) is 4.12. The maximum Gasteiger partial charge on any atom is 0.296 e. The molecule has 5 rings (SSSR count). The molecule has 0 saturated heterocycles. The third-order valence-corrected chi connectivity index (χ3v) is 7.96. The fourth-order valence-electron chi connectivity index (χ4n) is 6.26. The Hall–Kier alpha value is -3.84. The average molecular weight is 468 g/mol. The Morgan fingerprint density at radius 2 is 2.09 bits per heavy atom. The first-order chi connectivity index (χ1) is 16.9. The van der Waals surface area contributed by atoms with Crippen molar-refractivity contribution in [2.75, 3.05) is 6.61 Å². The molecule has 1 amide bonds. The van der Waals surface area contributed by atoms with Crippen LogP contribution in [0.1, 0.15) is 50.8 Å². The number of fused-ring (bicyclic) bond motifs is 3. The molecular formula is C28H29N5O2. The quantitative estimate of drug-likeness (QED) is 0.550. The van der Waals surface area contributed by atoms with Crippen LogP contribution in [0, 0.1) is 41.4 Å². The Morgan fingerprint density at radius 3 is 2.71 bits per heavy atom. The SMILES string of the molecule is C#CC(=O)NC1(C)C2CCC1CC(Cc1ccc(-c3cc(OCC)cn4ncc(C#N)c34)cn1)C2. The molecule has 2 saturated carbocycles. The first-order valence-corrected chi connectivity index (χ1v) is 12.2. The van der Waals surface area contributed by atoms with Crippen LogP contribution in [0.25, 0.3) is 16.6 Å². The van der Waals surface area contributed by atoms with Crippen LogP contribution in [-0.4, -0.2) is 32.7 Å². The second-order valence-electron chi connectivity index (χ2n) is 9.92. The van der Waals surface area contributed by atoms with Gasteiger partial charge in [0.25, 0.3) is 5.91 Å². The number of pyridine rings is 2. The number of nitrogens with one attached hydrogen (secondary N) is 1. The summed E-state index contributed by atoms with van der Waals surface area (Å²) in [6.07, 6.45) is 15.9. The molecule has 7 nitrogen and oxygen atoms in total. The van der Waals surface area contributed by atoms with Gasteiger partial charge in [-0.15, -0.1) is 6.42 Å². The van der Waals surface area contributed by atoms with Gasteiger partial charge < -0.3 is 10.1 Å². The zero-order chi connectivity index (χ0) is 24.6. The van der Waals surface area contributed by atoms with Crippen LogP contribution in [-0.2, 0) is 11.2 Å². The van der Waals surface area contributed by atoms with E-state index in [1.54, 1.807) is 16.9 Å². The van der Waals surface area contributed by atoms with Gasteiger partial charge in [0, 0.05) is 28.6 Å². The van der Waals surface area contributed by atoms with Gasteiger partial charge in [0.05, 0.1) is 30.1 Å². The number of nitriles is 1. The van der Waals surface area contributed by atoms with E-state index in [9.17, 15) is 10.1 Å². The van der Waals surface area contributed by atoms with Gasteiger partial charge in [-0.2, -0.15) is 10.4 Å². The van der Waals surface area contributed by atoms with E-state index in [2.05, 4.69) is 41.5 Å². The molecule has 35 heavy (non-hydrogen) atoms. The maximum atomic E-state index is 11.9. The molecule has 1 N–H and O–H groups in total. The van der Waals surface area contributed by atoms with Crippen molar-refractivity contribution in [2.24, 2.45) is 17.8 Å². The molecule has 3 aromatic heterocycles. The molecule has 2 unspecified atom stereocenters. The number of hydrogen-bond acceptors (Lipinski definition) is 5. The molecule has 0 radical (unpaired) electrons. The third-order valence-electron chi connectivity index (χ3n) is 7.96. The van der Waals surface area contributed by atoms with Crippen LogP contribution in [0.5, 0.6) is 5.75 Å². The van der Waals surface area contributed by atoms with E-state index in [1.165, 1.54) is 0 Å². The van der Waals surface area contributed by atoms with Crippen LogP contribution in [0.3, 0.4) is 0 Å². The molecular weight excluding hydrogens is 438 g/mol. The van der Waals surface area contributed by atoms with Gasteiger partial charge in [-0.3, -0.25) is 9.78 Å². The molecule has 2 aliphatic carbocycles. The molecule has 178 valence electrons. The molecule has 2 bridgehead atoms. The van der Waals surface area contributed by atoms with Crippen molar-refractivity contribution in [1.82, 2.24) is 19.9 Å². The predicted molar refractivity (Wildman–Crippen MR) is 132 cm³/mol. The standard InChI is InChI=1S/C28H29N5O2/c1-4-26(34)32-28(3)21-7-8-22(28)11-18(10-21)12-23-9-6-19(15-30-23)25-13-24(35-5-2)17-33-27(25)20(14-29)16-31-33/h1,6,9,13,15-18,21-22H,5,7-8,10-12H2,2-3H3,(H,32,34). The van der Waals surface area contributed by atoms with Crippen molar-refractivity contribution < 1.29 is 9.53 Å². The second-order valence-corrected chi connectivity index (χ2v) is 9.92. The minimum absolute atomic E-state index is 0.197. The lowest BCUT2D eigenvalue weighted by Gasteiger charge is -2.44. The van der Waals surface area contributed by atoms with Crippen LogP contribution < -0.4 is 10.1 Å². The van der Waals surface area contributed by atoms with Gasteiger partial charge in [-0.25, -0.2) is 4.52 Å². The minimum atomic E-state index is -0.305. The van der Waals surface area contributed by atoms with Crippen molar-refractivity contribution in [2.45, 2.75) is 51.5 Å². The molecule has 0 aliphatic heterocycles. The Labute approximate surface area is 205 Å². The number of amides is 1. The number of terminal acetylenes is 1. The number of carbonyl (C=O) groups is 1. The summed E-state index contributed by atoms with van der Waals surface area (Å²) in [6, 6.07) is 8.32. The van der Waals surface area contributed by atoms with E-state index in [4.69, 9.17) is 16.1 Å². The monoisotopic (exact) mass is 467 g/mol. The molecule has 2 atom stereocenters. The van der Waals surface area contributed by atoms with E-state index in [1.807, 2.05) is 19.2 Å². The summed E-state index contributed by atoms with van der Waals surface area (Å²) in [6.45, 7) is 4.65. The number of aromatic nitrogens is 3. The largest absolute Gasteiger partial charge is 0.492 e. The molecule has 2 fully saturated rings. The Balaban J connectivity index is 1.35. The van der Waals surface area contributed by atoms with Gasteiger partial charge >= 0.3 is 0 Å².